The average Bonchev–Trinajstić information content (AvgIpc) is 2.99. The maximum Gasteiger partial charge on any atom is 0.244 e. The van der Waals surface area contributed by atoms with Gasteiger partial charge >= 0.3 is 0 Å². The van der Waals surface area contributed by atoms with Crippen LogP contribution in [0.5, 0.6) is 0 Å². The molecule has 3 aromatic rings. The molecule has 4 nitrogen and oxygen atoms in total. The molecule has 0 saturated heterocycles. The summed E-state index contributed by atoms with van der Waals surface area (Å²) in [5.41, 5.74) is 2.12. The lowest BCUT2D eigenvalue weighted by Crippen LogP contribution is -2.33. The number of nitrogens with one attached hydrogen (secondary N) is 2. The molecule has 0 saturated carbocycles. The smallest absolute Gasteiger partial charge is 0.244 e. The first-order valence-corrected chi connectivity index (χ1v) is 9.04. The molecule has 0 aliphatic heterocycles. The summed E-state index contributed by atoms with van der Waals surface area (Å²) in [5, 5.41) is 12.2. The number of fused-ring (bicyclic) bond motifs is 1. The molecule has 0 bridgehead atoms. The van der Waals surface area contributed by atoms with Crippen LogP contribution < -0.4 is 5.32 Å². The van der Waals surface area contributed by atoms with E-state index in [9.17, 15) is 13.6 Å². The number of halogens is 3. The lowest BCUT2D eigenvalue weighted by Gasteiger charge is -2.08. The van der Waals surface area contributed by atoms with Gasteiger partial charge in [0.05, 0.1) is 17.8 Å². The Morgan fingerprint density at radius 3 is 2.67 bits per heavy atom. The van der Waals surface area contributed by atoms with Crippen LogP contribution in [0.25, 0.3) is 28.2 Å². The van der Waals surface area contributed by atoms with Gasteiger partial charge < -0.3 is 15.4 Å². The number of aliphatic hydroxyl groups is 1. The van der Waals surface area contributed by atoms with Crippen LogP contribution in [-0.2, 0) is 4.79 Å². The van der Waals surface area contributed by atoms with Crippen molar-refractivity contribution < 1.29 is 18.7 Å². The van der Waals surface area contributed by atoms with E-state index >= 15 is 0 Å². The fourth-order valence-corrected chi connectivity index (χ4v) is 3.18. The summed E-state index contributed by atoms with van der Waals surface area (Å²) in [5.74, 6) is -1.20. The molecule has 0 aliphatic rings. The van der Waals surface area contributed by atoms with Crippen LogP contribution in [0, 0.1) is 11.6 Å². The highest BCUT2D eigenvalue weighted by Gasteiger charge is 2.15. The Labute approximate surface area is 163 Å². The highest BCUT2D eigenvalue weighted by atomic mass is 79.9. The minimum absolute atomic E-state index is 0.175. The van der Waals surface area contributed by atoms with E-state index in [0.717, 1.165) is 0 Å². The second-order valence-corrected chi connectivity index (χ2v) is 7.07. The molecule has 1 amide bonds. The Bertz CT molecular complexity index is 1010. The monoisotopic (exact) mass is 434 g/mol. The lowest BCUT2D eigenvalue weighted by atomic mass is 10.0. The van der Waals surface area contributed by atoms with Gasteiger partial charge in [-0.05, 0) is 55.0 Å². The Balaban J connectivity index is 2.11. The Hall–Kier alpha value is -2.51. The fourth-order valence-electron chi connectivity index (χ4n) is 2.75. The molecule has 1 aromatic heterocycles. The van der Waals surface area contributed by atoms with E-state index in [-0.39, 0.29) is 24.4 Å². The Morgan fingerprint density at radius 1 is 1.30 bits per heavy atom. The minimum atomic E-state index is -0.444. The molecule has 3 N–H and O–H groups in total. The number of carbonyl (C=O) groups is 1. The van der Waals surface area contributed by atoms with Crippen LogP contribution in [0.2, 0.25) is 0 Å². The van der Waals surface area contributed by atoms with Crippen LogP contribution in [0.3, 0.4) is 0 Å². The van der Waals surface area contributed by atoms with E-state index in [4.69, 9.17) is 5.11 Å². The van der Waals surface area contributed by atoms with Crippen LogP contribution >= 0.6 is 15.9 Å². The Morgan fingerprint density at radius 2 is 2.00 bits per heavy atom. The maximum atomic E-state index is 14.4. The number of amides is 1. The maximum absolute atomic E-state index is 14.4. The standard InChI is InChI=1S/C20H17BrF2N2O2/c1-11(10-26)24-18(27)7-6-15-16-8-13(21)9-17(23)20(16)25-19(15)12-2-4-14(22)5-3-12/h2-9,11,25-26H,10H2,1H3,(H,24,27)/t11-/m1/s1. The van der Waals surface area contributed by atoms with Gasteiger partial charge in [0.15, 0.2) is 0 Å². The second kappa shape index (κ2) is 8.02. The molecular formula is C20H17BrF2N2O2. The minimum Gasteiger partial charge on any atom is -0.394 e. The highest BCUT2D eigenvalue weighted by molar-refractivity contribution is 9.10. The molecule has 27 heavy (non-hydrogen) atoms. The second-order valence-electron chi connectivity index (χ2n) is 6.16. The fraction of sp³-hybridized carbons (Fsp3) is 0.150. The summed E-state index contributed by atoms with van der Waals surface area (Å²) in [7, 11) is 0. The van der Waals surface area contributed by atoms with Crippen molar-refractivity contribution in [3.05, 3.63) is 64.1 Å². The van der Waals surface area contributed by atoms with Crippen molar-refractivity contribution >= 4 is 38.8 Å². The zero-order chi connectivity index (χ0) is 19.6. The summed E-state index contributed by atoms with van der Waals surface area (Å²) in [6, 6.07) is 8.50. The van der Waals surface area contributed by atoms with Crippen molar-refractivity contribution in [2.24, 2.45) is 0 Å². The predicted molar refractivity (Wildman–Crippen MR) is 105 cm³/mol. The SMILES string of the molecule is C[C@H](CO)NC(=O)C=Cc1c(-c2ccc(F)cc2)[nH]c2c(F)cc(Br)cc12. The van der Waals surface area contributed by atoms with Crippen LogP contribution in [0.1, 0.15) is 12.5 Å². The first-order valence-electron chi connectivity index (χ1n) is 8.25. The van der Waals surface area contributed by atoms with Gasteiger partial charge in [0.1, 0.15) is 11.6 Å². The number of aromatic amines is 1. The largest absolute Gasteiger partial charge is 0.394 e. The molecule has 0 aliphatic carbocycles. The van der Waals surface area contributed by atoms with Crippen molar-refractivity contribution in [1.82, 2.24) is 10.3 Å². The summed E-state index contributed by atoms with van der Waals surface area (Å²) < 4.78 is 28.2. The topological polar surface area (TPSA) is 65.1 Å². The highest BCUT2D eigenvalue weighted by Crippen LogP contribution is 2.34. The molecule has 0 unspecified atom stereocenters. The summed E-state index contributed by atoms with van der Waals surface area (Å²) in [4.78, 5) is 15.0. The normalized spacial score (nSPS) is 12.6. The molecule has 1 atom stereocenters. The first-order chi connectivity index (χ1) is 12.9. The summed E-state index contributed by atoms with van der Waals surface area (Å²) in [6.07, 6.45) is 2.89. The van der Waals surface area contributed by atoms with Gasteiger partial charge in [-0.2, -0.15) is 0 Å². The molecule has 0 fully saturated rings. The molecule has 0 spiro atoms. The summed E-state index contributed by atoms with van der Waals surface area (Å²) >= 11 is 3.28. The Kier molecular flexibility index (Phi) is 5.72. The van der Waals surface area contributed by atoms with Crippen LogP contribution in [0.15, 0.2) is 46.9 Å². The number of benzene rings is 2. The van der Waals surface area contributed by atoms with E-state index in [2.05, 4.69) is 26.2 Å². The van der Waals surface area contributed by atoms with Gasteiger partial charge in [0.2, 0.25) is 5.91 Å². The van der Waals surface area contributed by atoms with Crippen LogP contribution in [-0.4, -0.2) is 28.6 Å². The van der Waals surface area contributed by atoms with Crippen molar-refractivity contribution in [3.8, 4) is 11.3 Å². The molecular weight excluding hydrogens is 418 g/mol. The molecule has 2 aromatic carbocycles. The van der Waals surface area contributed by atoms with Crippen molar-refractivity contribution in [2.75, 3.05) is 6.61 Å². The third kappa shape index (κ3) is 4.26. The number of hydrogen-bond acceptors (Lipinski definition) is 2. The van der Waals surface area contributed by atoms with Gasteiger partial charge in [-0.3, -0.25) is 4.79 Å². The molecule has 140 valence electrons. The number of aromatic nitrogens is 1. The van der Waals surface area contributed by atoms with E-state index in [1.54, 1.807) is 31.2 Å². The summed E-state index contributed by atoms with van der Waals surface area (Å²) in [6.45, 7) is 1.50. The van der Waals surface area contributed by atoms with Gasteiger partial charge in [-0.1, -0.05) is 15.9 Å². The molecule has 0 radical (unpaired) electrons. The van der Waals surface area contributed by atoms with E-state index in [1.165, 1.54) is 24.3 Å². The van der Waals surface area contributed by atoms with Crippen molar-refractivity contribution in [1.29, 1.82) is 0 Å². The number of aliphatic hydroxyl groups excluding tert-OH is 1. The van der Waals surface area contributed by atoms with E-state index in [1.807, 2.05) is 0 Å². The quantitative estimate of drug-likeness (QED) is 0.521. The van der Waals surface area contributed by atoms with Gasteiger partial charge in [0, 0.05) is 27.5 Å². The van der Waals surface area contributed by atoms with Crippen molar-refractivity contribution in [3.63, 3.8) is 0 Å². The van der Waals surface area contributed by atoms with E-state index < -0.39 is 5.82 Å². The number of rotatable bonds is 5. The predicted octanol–water partition coefficient (Wildman–Crippen LogP) is 4.39. The number of carbonyl (C=O) groups excluding carboxylic acids is 1. The lowest BCUT2D eigenvalue weighted by molar-refractivity contribution is -0.117. The van der Waals surface area contributed by atoms with Gasteiger partial charge in [-0.15, -0.1) is 0 Å². The van der Waals surface area contributed by atoms with Crippen molar-refractivity contribution in [2.45, 2.75) is 13.0 Å². The third-order valence-electron chi connectivity index (χ3n) is 4.06. The zero-order valence-electron chi connectivity index (χ0n) is 14.4. The molecule has 7 heteroatoms. The van der Waals surface area contributed by atoms with Crippen LogP contribution in [0.4, 0.5) is 8.78 Å². The first kappa shape index (κ1) is 19.3. The average molecular weight is 435 g/mol. The van der Waals surface area contributed by atoms with Gasteiger partial charge in [0.25, 0.3) is 0 Å². The zero-order valence-corrected chi connectivity index (χ0v) is 16.0. The molecule has 3 rings (SSSR count). The number of hydrogen-bond donors (Lipinski definition) is 3. The molecule has 1 heterocycles. The third-order valence-corrected chi connectivity index (χ3v) is 4.52. The number of H-pyrrole nitrogens is 1. The van der Waals surface area contributed by atoms with Gasteiger partial charge in [-0.25, -0.2) is 8.78 Å². The van der Waals surface area contributed by atoms with E-state index in [0.29, 0.717) is 32.2 Å².